The highest BCUT2D eigenvalue weighted by Crippen LogP contribution is 2.31. The van der Waals surface area contributed by atoms with Gasteiger partial charge in [-0.05, 0) is 30.3 Å². The van der Waals surface area contributed by atoms with Crippen LogP contribution in [0.1, 0.15) is 10.8 Å². The first kappa shape index (κ1) is 17.6. The summed E-state index contributed by atoms with van der Waals surface area (Å²) in [4.78, 5) is 16.8. The Balaban J connectivity index is 1.80. The minimum atomic E-state index is -0.572. The van der Waals surface area contributed by atoms with Crippen LogP contribution in [0.25, 0.3) is 33.9 Å². The van der Waals surface area contributed by atoms with Crippen LogP contribution in [0.3, 0.4) is 0 Å². The fraction of sp³-hybridized carbons (Fsp3) is 0. The zero-order chi connectivity index (χ0) is 19.0. The Labute approximate surface area is 166 Å². The lowest BCUT2D eigenvalue weighted by molar-refractivity contribution is 0.557. The monoisotopic (exact) mass is 414 g/mol. The van der Waals surface area contributed by atoms with Crippen molar-refractivity contribution in [2.75, 3.05) is 0 Å². The summed E-state index contributed by atoms with van der Waals surface area (Å²) in [6.07, 6.45) is 3.11. The smallest absolute Gasteiger partial charge is 0.345 e. The molecule has 3 aromatic heterocycles. The molecule has 3 heterocycles. The summed E-state index contributed by atoms with van der Waals surface area (Å²) in [6, 6.07) is 10.3. The minimum absolute atomic E-state index is 0.258. The van der Waals surface area contributed by atoms with Crippen molar-refractivity contribution in [3.05, 3.63) is 73.2 Å². The van der Waals surface area contributed by atoms with Gasteiger partial charge in [-0.2, -0.15) is 5.26 Å². The van der Waals surface area contributed by atoms with Gasteiger partial charge in [0.2, 0.25) is 0 Å². The van der Waals surface area contributed by atoms with Crippen molar-refractivity contribution in [3.8, 4) is 17.3 Å². The average molecular weight is 415 g/mol. The van der Waals surface area contributed by atoms with E-state index in [1.165, 1.54) is 23.7 Å². The summed E-state index contributed by atoms with van der Waals surface area (Å²) >= 11 is 13.3. The van der Waals surface area contributed by atoms with Crippen LogP contribution in [0, 0.1) is 11.3 Å². The number of halogens is 2. The highest BCUT2D eigenvalue weighted by atomic mass is 35.5. The molecule has 0 fully saturated rings. The van der Waals surface area contributed by atoms with E-state index in [0.717, 1.165) is 0 Å². The number of furan rings is 1. The van der Waals surface area contributed by atoms with Crippen molar-refractivity contribution in [1.82, 2.24) is 4.98 Å². The van der Waals surface area contributed by atoms with Crippen molar-refractivity contribution in [1.29, 1.82) is 5.26 Å². The third-order valence-electron chi connectivity index (χ3n) is 3.71. The van der Waals surface area contributed by atoms with Crippen molar-refractivity contribution in [3.63, 3.8) is 0 Å². The molecule has 132 valence electrons. The normalized spacial score (nSPS) is 11.7. The molecule has 4 aromatic rings. The van der Waals surface area contributed by atoms with Crippen LogP contribution in [0.15, 0.2) is 55.6 Å². The van der Waals surface area contributed by atoms with Gasteiger partial charge in [0.15, 0.2) is 5.58 Å². The van der Waals surface area contributed by atoms with Gasteiger partial charge in [0.1, 0.15) is 16.8 Å². The van der Waals surface area contributed by atoms with Gasteiger partial charge >= 0.3 is 5.63 Å². The number of fused-ring (bicyclic) bond motifs is 1. The Hall–Kier alpha value is -2.85. The number of thiazole rings is 1. The molecule has 0 spiro atoms. The van der Waals surface area contributed by atoms with Gasteiger partial charge < -0.3 is 8.83 Å². The first-order valence-electron chi connectivity index (χ1n) is 7.59. The lowest BCUT2D eigenvalue weighted by Gasteiger charge is -2.02. The molecule has 27 heavy (non-hydrogen) atoms. The summed E-state index contributed by atoms with van der Waals surface area (Å²) < 4.78 is 10.6. The molecule has 8 heteroatoms. The number of nitrogens with zero attached hydrogens (tertiary/aromatic N) is 2. The molecule has 5 nitrogen and oxygen atoms in total. The van der Waals surface area contributed by atoms with Gasteiger partial charge in [0.05, 0.1) is 28.1 Å². The zero-order valence-electron chi connectivity index (χ0n) is 13.4. The number of allylic oxidation sites excluding steroid dienone is 1. The van der Waals surface area contributed by atoms with E-state index in [1.54, 1.807) is 35.7 Å². The Morgan fingerprint density at radius 2 is 2.15 bits per heavy atom. The molecule has 0 aliphatic carbocycles. The van der Waals surface area contributed by atoms with Crippen LogP contribution >= 0.6 is 34.5 Å². The van der Waals surface area contributed by atoms with Crippen molar-refractivity contribution >= 4 is 57.2 Å². The molecule has 0 saturated heterocycles. The maximum Gasteiger partial charge on any atom is 0.345 e. The fourth-order valence-corrected chi connectivity index (χ4v) is 3.85. The molecular formula is C19H8Cl2N2O3S. The van der Waals surface area contributed by atoms with E-state index >= 15 is 0 Å². The molecule has 0 N–H and O–H groups in total. The molecule has 0 saturated carbocycles. The molecule has 0 aliphatic rings. The summed E-state index contributed by atoms with van der Waals surface area (Å²) in [5, 5.41) is 12.8. The first-order chi connectivity index (χ1) is 13.0. The van der Waals surface area contributed by atoms with Crippen molar-refractivity contribution < 1.29 is 8.83 Å². The lowest BCUT2D eigenvalue weighted by Crippen LogP contribution is -2.03. The molecule has 4 rings (SSSR count). The van der Waals surface area contributed by atoms with Crippen LogP contribution in [0.5, 0.6) is 0 Å². The summed E-state index contributed by atoms with van der Waals surface area (Å²) in [6.45, 7) is 0. The van der Waals surface area contributed by atoms with Gasteiger partial charge in [-0.1, -0.05) is 23.2 Å². The van der Waals surface area contributed by atoms with Crippen LogP contribution < -0.4 is 5.63 Å². The topological polar surface area (TPSA) is 80.0 Å². The SMILES string of the molecule is N#C/C(=C/c1ccco1)c1nc(-c2cc3cc(Cl)cc(Cl)c3oc2=O)cs1. The van der Waals surface area contributed by atoms with Crippen LogP contribution in [-0.2, 0) is 0 Å². The molecule has 0 bridgehead atoms. The van der Waals surface area contributed by atoms with E-state index in [-0.39, 0.29) is 16.2 Å². The third kappa shape index (κ3) is 3.40. The molecule has 0 unspecified atom stereocenters. The van der Waals surface area contributed by atoms with E-state index < -0.39 is 5.63 Å². The first-order valence-corrected chi connectivity index (χ1v) is 9.23. The Morgan fingerprint density at radius 1 is 1.30 bits per heavy atom. The van der Waals surface area contributed by atoms with E-state index in [4.69, 9.17) is 32.0 Å². The second-order valence-corrected chi connectivity index (χ2v) is 7.18. The second kappa shape index (κ2) is 7.05. The van der Waals surface area contributed by atoms with Crippen molar-refractivity contribution in [2.24, 2.45) is 0 Å². The highest BCUT2D eigenvalue weighted by Gasteiger charge is 2.15. The van der Waals surface area contributed by atoms with Gasteiger partial charge in [-0.15, -0.1) is 11.3 Å². The van der Waals surface area contributed by atoms with Gasteiger partial charge in [-0.3, -0.25) is 0 Å². The van der Waals surface area contributed by atoms with E-state index in [2.05, 4.69) is 11.1 Å². The molecule has 0 amide bonds. The largest absolute Gasteiger partial charge is 0.465 e. The molecule has 1 aromatic carbocycles. The molecular weight excluding hydrogens is 407 g/mol. The summed E-state index contributed by atoms with van der Waals surface area (Å²) in [7, 11) is 0. The number of aromatic nitrogens is 1. The maximum atomic E-state index is 12.4. The number of hydrogen-bond donors (Lipinski definition) is 0. The molecule has 0 aliphatic heterocycles. The zero-order valence-corrected chi connectivity index (χ0v) is 15.7. The van der Waals surface area contributed by atoms with Gasteiger partial charge in [0.25, 0.3) is 0 Å². The number of benzene rings is 1. The summed E-state index contributed by atoms with van der Waals surface area (Å²) in [5.41, 5.74) is 0.691. The van der Waals surface area contributed by atoms with E-state index in [1.807, 2.05) is 0 Å². The predicted octanol–water partition coefficient (Wildman–Crippen LogP) is 5.88. The number of hydrogen-bond acceptors (Lipinski definition) is 6. The second-order valence-electron chi connectivity index (χ2n) is 5.48. The standard InChI is InChI=1S/C19H8Cl2N2O3S/c20-12-4-10-6-14(19(24)26-17(10)15(21)7-12)16-9-27-18(23-16)11(8-22)5-13-2-1-3-25-13/h1-7,9H/b11-5-. The maximum absolute atomic E-state index is 12.4. The van der Waals surface area contributed by atoms with Crippen LogP contribution in [0.4, 0.5) is 0 Å². The Kier molecular flexibility index (Phi) is 4.58. The van der Waals surface area contributed by atoms with Crippen molar-refractivity contribution in [2.45, 2.75) is 0 Å². The number of rotatable bonds is 3. The highest BCUT2D eigenvalue weighted by molar-refractivity contribution is 7.11. The van der Waals surface area contributed by atoms with E-state index in [9.17, 15) is 10.1 Å². The summed E-state index contributed by atoms with van der Waals surface area (Å²) in [5.74, 6) is 0.540. The van der Waals surface area contributed by atoms with Crippen LogP contribution in [-0.4, -0.2) is 4.98 Å². The minimum Gasteiger partial charge on any atom is -0.465 e. The Bertz CT molecular complexity index is 1280. The van der Waals surface area contributed by atoms with E-state index in [0.29, 0.717) is 32.4 Å². The molecule has 0 atom stereocenters. The number of nitriles is 1. The molecule has 0 radical (unpaired) electrons. The lowest BCUT2D eigenvalue weighted by atomic mass is 10.1. The predicted molar refractivity (Wildman–Crippen MR) is 106 cm³/mol. The third-order valence-corrected chi connectivity index (χ3v) is 5.09. The van der Waals surface area contributed by atoms with Gasteiger partial charge in [0, 0.05) is 21.9 Å². The van der Waals surface area contributed by atoms with Crippen LogP contribution in [0.2, 0.25) is 10.0 Å². The quantitative estimate of drug-likeness (QED) is 0.308. The fourth-order valence-electron chi connectivity index (χ4n) is 2.51. The van der Waals surface area contributed by atoms with Gasteiger partial charge in [-0.25, -0.2) is 9.78 Å². The Morgan fingerprint density at radius 3 is 2.89 bits per heavy atom. The average Bonchev–Trinajstić information content (AvgIpc) is 3.31.